The molecule has 2 nitrogen and oxygen atoms in total. The lowest BCUT2D eigenvalue weighted by molar-refractivity contribution is 0.332. The van der Waals surface area contributed by atoms with Crippen molar-refractivity contribution in [3.8, 4) is 33.4 Å². The van der Waals surface area contributed by atoms with Crippen molar-refractivity contribution in [2.75, 3.05) is 9.80 Å². The Morgan fingerprint density at radius 3 is 1.44 bits per heavy atom. The van der Waals surface area contributed by atoms with E-state index in [0.717, 1.165) is 12.7 Å². The molecular weight excluding hydrogens is 880 g/mol. The summed E-state index contributed by atoms with van der Waals surface area (Å²) in [5.41, 5.74) is 27.3. The van der Waals surface area contributed by atoms with Crippen molar-refractivity contribution in [1.82, 2.24) is 0 Å². The lowest BCUT2D eigenvalue weighted by Gasteiger charge is -2.43. The molecule has 368 valence electrons. The highest BCUT2D eigenvalue weighted by atomic mass is 15.2. The van der Waals surface area contributed by atoms with Gasteiger partial charge in [0.05, 0.1) is 5.69 Å². The zero-order valence-corrected chi connectivity index (χ0v) is 46.2. The highest BCUT2D eigenvalue weighted by molar-refractivity contribution is 6.89. The van der Waals surface area contributed by atoms with Crippen LogP contribution in [-0.2, 0) is 33.4 Å². The molecule has 0 atom stereocenters. The Labute approximate surface area is 438 Å². The molecule has 0 amide bonds. The maximum Gasteiger partial charge on any atom is 0.222 e. The van der Waals surface area contributed by atoms with Gasteiger partial charge in [0, 0.05) is 34.0 Å². The Kier molecular flexibility index (Phi) is 11.5. The van der Waals surface area contributed by atoms with Gasteiger partial charge in [0.15, 0.2) is 0 Å². The molecule has 1 aliphatic carbocycles. The fourth-order valence-corrected chi connectivity index (χ4v) is 12.3. The molecule has 11 rings (SSSR count). The normalized spacial score (nSPS) is 15.8. The van der Waals surface area contributed by atoms with Crippen molar-refractivity contribution >= 4 is 51.8 Å². The number of hydrogen-bond acceptors (Lipinski definition) is 2. The van der Waals surface area contributed by atoms with E-state index in [1.54, 1.807) is 0 Å². The first-order chi connectivity index (χ1) is 34.5. The first-order valence-electron chi connectivity index (χ1n) is 27.0. The van der Waals surface area contributed by atoms with Gasteiger partial charge < -0.3 is 9.80 Å². The van der Waals surface area contributed by atoms with Crippen LogP contribution >= 0.6 is 0 Å². The van der Waals surface area contributed by atoms with Gasteiger partial charge in [0.25, 0.3) is 0 Å². The maximum absolute atomic E-state index is 2.73. The lowest BCUT2D eigenvalue weighted by atomic mass is 9.35. The fourth-order valence-electron chi connectivity index (χ4n) is 12.3. The molecule has 0 saturated heterocycles. The Morgan fingerprint density at radius 1 is 0.411 bits per heavy atom. The number of fused-ring (bicyclic) bond motifs is 4. The smallest absolute Gasteiger partial charge is 0.222 e. The van der Waals surface area contributed by atoms with E-state index in [1.807, 2.05) is 0 Å². The molecule has 0 fully saturated rings. The highest BCUT2D eigenvalue weighted by Gasteiger charge is 2.44. The summed E-state index contributed by atoms with van der Waals surface area (Å²) in [5.74, 6) is 0. The number of benzene rings is 8. The average Bonchev–Trinajstić information content (AvgIpc) is 3.49. The molecule has 0 saturated carbocycles. The van der Waals surface area contributed by atoms with Gasteiger partial charge in [-0.25, -0.2) is 0 Å². The monoisotopic (exact) mass is 955 g/mol. The summed E-state index contributed by atoms with van der Waals surface area (Å²) in [7, 11) is 0. The van der Waals surface area contributed by atoms with Crippen LogP contribution in [0.3, 0.4) is 0 Å². The zero-order valence-electron chi connectivity index (χ0n) is 46.2. The van der Waals surface area contributed by atoms with Crippen molar-refractivity contribution in [2.45, 2.75) is 143 Å². The van der Waals surface area contributed by atoms with E-state index in [0.29, 0.717) is 0 Å². The second-order valence-corrected chi connectivity index (χ2v) is 26.3. The summed E-state index contributed by atoms with van der Waals surface area (Å²) < 4.78 is 0. The molecule has 0 radical (unpaired) electrons. The minimum atomic E-state index is -0.0803. The standard InChI is InChI=1S/C70H75BN2/c1-45-35-63-65-64(36-45)73(60-31-27-53(67(5,6)7)41-56(60)50-38-48(46-21-17-15-18-22-46)37-49(39-50)47-23-19-16-20-24-47)62-43-58-57(69(11,12)33-34-70(58,13)14)40-51(62)44-71(65)59-42-54(68(8,9)10)28-32-61(59)72(63)55-29-25-52(26-30-55)66(2,3)4/h15-32,35-43H,33-34,44H2,1-14H3. The molecule has 73 heavy (non-hydrogen) atoms. The first kappa shape index (κ1) is 48.7. The summed E-state index contributed by atoms with van der Waals surface area (Å²) in [6.45, 7) is 33.4. The highest BCUT2D eigenvalue weighted by Crippen LogP contribution is 2.54. The average molecular weight is 955 g/mol. The summed E-state index contributed by atoms with van der Waals surface area (Å²) in [4.78, 5) is 5.33. The number of anilines is 6. The van der Waals surface area contributed by atoms with Gasteiger partial charge >= 0.3 is 0 Å². The molecule has 2 aliphatic heterocycles. The van der Waals surface area contributed by atoms with E-state index >= 15 is 0 Å². The van der Waals surface area contributed by atoms with Crippen LogP contribution in [0.25, 0.3) is 33.4 Å². The van der Waals surface area contributed by atoms with Gasteiger partial charge in [-0.05, 0) is 198 Å². The van der Waals surface area contributed by atoms with Gasteiger partial charge in [-0.3, -0.25) is 0 Å². The first-order valence-corrected chi connectivity index (χ1v) is 27.0. The molecule has 0 aromatic heterocycles. The third-order valence-corrected chi connectivity index (χ3v) is 16.9. The molecule has 8 aromatic rings. The third kappa shape index (κ3) is 8.65. The molecular formula is C70H75BN2. The number of nitrogens with zero attached hydrogens (tertiary/aromatic N) is 2. The Bertz CT molecular complexity index is 3370. The maximum atomic E-state index is 2.73. The van der Waals surface area contributed by atoms with Gasteiger partial charge in [0.1, 0.15) is 0 Å². The van der Waals surface area contributed by atoms with Crippen LogP contribution in [0.15, 0.2) is 164 Å². The molecule has 8 aromatic carbocycles. The quantitative estimate of drug-likeness (QED) is 0.159. The van der Waals surface area contributed by atoms with Crippen molar-refractivity contribution in [2.24, 2.45) is 0 Å². The van der Waals surface area contributed by atoms with E-state index in [-0.39, 0.29) is 33.8 Å². The van der Waals surface area contributed by atoms with Gasteiger partial charge in [-0.15, -0.1) is 0 Å². The topological polar surface area (TPSA) is 6.48 Å². The zero-order chi connectivity index (χ0) is 51.6. The van der Waals surface area contributed by atoms with Crippen molar-refractivity contribution < 1.29 is 0 Å². The minimum absolute atomic E-state index is 0.0174. The van der Waals surface area contributed by atoms with Crippen molar-refractivity contribution in [3.05, 3.63) is 203 Å². The van der Waals surface area contributed by atoms with Crippen LogP contribution in [-0.4, -0.2) is 6.71 Å². The Balaban J connectivity index is 1.27. The molecule has 3 heteroatoms. The van der Waals surface area contributed by atoms with Crippen LogP contribution in [0.4, 0.5) is 34.1 Å². The Morgan fingerprint density at radius 2 is 0.890 bits per heavy atom. The van der Waals surface area contributed by atoms with Crippen LogP contribution < -0.4 is 20.7 Å². The van der Waals surface area contributed by atoms with E-state index in [4.69, 9.17) is 0 Å². The molecule has 0 bridgehead atoms. The van der Waals surface area contributed by atoms with Crippen LogP contribution in [0.2, 0.25) is 0 Å². The number of hydrogen-bond donors (Lipinski definition) is 0. The SMILES string of the molecule is Cc1cc2c3c(c1)N(c1ccc(C(C)(C)C)cc1-c1cc(-c4ccccc4)cc(-c4ccccc4)c1)c1cc4c(cc1CB3c1cc(C(C)(C)C)ccc1N2c1ccc(C(C)(C)C)cc1)C(C)(C)CCC4(C)C. The van der Waals surface area contributed by atoms with Gasteiger partial charge in [-0.1, -0.05) is 187 Å². The van der Waals surface area contributed by atoms with Crippen LogP contribution in [0.1, 0.15) is 142 Å². The summed E-state index contributed by atoms with van der Waals surface area (Å²) in [6.07, 6.45) is 3.22. The van der Waals surface area contributed by atoms with Crippen LogP contribution in [0, 0.1) is 6.92 Å². The van der Waals surface area contributed by atoms with Gasteiger partial charge in [-0.2, -0.15) is 0 Å². The molecule has 0 N–H and O–H groups in total. The molecule has 0 unspecified atom stereocenters. The third-order valence-electron chi connectivity index (χ3n) is 16.9. The number of rotatable bonds is 5. The van der Waals surface area contributed by atoms with E-state index in [9.17, 15) is 0 Å². The lowest BCUT2D eigenvalue weighted by Crippen LogP contribution is -2.52. The fraction of sp³-hybridized carbons (Fsp3) is 0.314. The summed E-state index contributed by atoms with van der Waals surface area (Å²) in [5, 5.41) is 0. The van der Waals surface area contributed by atoms with Crippen LogP contribution in [0.5, 0.6) is 0 Å². The number of aryl methyl sites for hydroxylation is 1. The second-order valence-electron chi connectivity index (χ2n) is 26.3. The molecule has 0 spiro atoms. The second kappa shape index (κ2) is 17.3. The van der Waals surface area contributed by atoms with E-state index in [1.165, 1.54) is 124 Å². The predicted octanol–water partition coefficient (Wildman–Crippen LogP) is 18.2. The van der Waals surface area contributed by atoms with Gasteiger partial charge in [0.2, 0.25) is 6.71 Å². The predicted molar refractivity (Wildman–Crippen MR) is 317 cm³/mol. The van der Waals surface area contributed by atoms with Crippen molar-refractivity contribution in [3.63, 3.8) is 0 Å². The molecule has 3 aliphatic rings. The van der Waals surface area contributed by atoms with Crippen molar-refractivity contribution in [1.29, 1.82) is 0 Å². The summed E-state index contributed by atoms with van der Waals surface area (Å²) in [6, 6.07) is 63.8. The largest absolute Gasteiger partial charge is 0.311 e. The minimum Gasteiger partial charge on any atom is -0.311 e. The molecule has 2 heterocycles. The van der Waals surface area contributed by atoms with E-state index in [2.05, 4.69) is 271 Å². The summed E-state index contributed by atoms with van der Waals surface area (Å²) >= 11 is 0. The Hall–Kier alpha value is -6.58. The van der Waals surface area contributed by atoms with E-state index < -0.39 is 0 Å².